The monoisotopic (exact) mass is 311 g/mol. The van der Waals surface area contributed by atoms with Gasteiger partial charge in [-0.2, -0.15) is 5.10 Å². The van der Waals surface area contributed by atoms with Crippen molar-refractivity contribution in [2.45, 2.75) is 13.0 Å². The maximum Gasteiger partial charge on any atom is 0.255 e. The first kappa shape index (κ1) is 14.4. The lowest BCUT2D eigenvalue weighted by atomic mass is 9.79. The third-order valence-corrected chi connectivity index (χ3v) is 4.92. The zero-order valence-corrected chi connectivity index (χ0v) is 13.4. The van der Waals surface area contributed by atoms with Crippen LogP contribution in [0.1, 0.15) is 22.3 Å². The Kier molecular flexibility index (Phi) is 3.41. The summed E-state index contributed by atoms with van der Waals surface area (Å²) in [5.41, 5.74) is 2.24. The minimum atomic E-state index is 0.112. The van der Waals surface area contributed by atoms with Crippen LogP contribution < -0.4 is 0 Å². The summed E-state index contributed by atoms with van der Waals surface area (Å²) in [7, 11) is 1.94. The van der Waals surface area contributed by atoms with E-state index in [9.17, 15) is 4.79 Å². The number of carbonyl (C=O) groups excluding carboxylic acids is 1. The molecule has 0 N–H and O–H groups in total. The molecule has 0 bridgehead atoms. The summed E-state index contributed by atoms with van der Waals surface area (Å²) >= 11 is 0. The second-order valence-electron chi connectivity index (χ2n) is 6.89. The fraction of sp³-hybridized carbons (Fsp3) is 0.471. The van der Waals surface area contributed by atoms with E-state index in [1.807, 2.05) is 35.0 Å². The summed E-state index contributed by atoms with van der Waals surface area (Å²) < 4.78 is 1.84. The quantitative estimate of drug-likeness (QED) is 0.854. The zero-order chi connectivity index (χ0) is 15.9. The smallest absolute Gasteiger partial charge is 0.255 e. The molecule has 2 aromatic heterocycles. The fourth-order valence-corrected chi connectivity index (χ4v) is 3.86. The van der Waals surface area contributed by atoms with Gasteiger partial charge in [-0.15, -0.1) is 0 Å². The van der Waals surface area contributed by atoms with E-state index in [0.29, 0.717) is 11.0 Å². The Morgan fingerprint density at radius 3 is 2.87 bits per heavy atom. The largest absolute Gasteiger partial charge is 0.338 e. The van der Waals surface area contributed by atoms with E-state index in [0.717, 1.165) is 39.1 Å². The number of carbonyl (C=O) groups is 1. The Morgan fingerprint density at radius 1 is 1.30 bits per heavy atom. The molecule has 0 aromatic carbocycles. The number of rotatable bonds is 3. The molecule has 1 spiro atoms. The van der Waals surface area contributed by atoms with Crippen LogP contribution in [0, 0.1) is 5.41 Å². The number of likely N-dealkylation sites (tertiary alicyclic amines) is 2. The van der Waals surface area contributed by atoms with Gasteiger partial charge in [0.05, 0.1) is 11.8 Å². The lowest BCUT2D eigenvalue weighted by molar-refractivity contribution is 0.00259. The van der Waals surface area contributed by atoms with Crippen molar-refractivity contribution in [2.24, 2.45) is 12.5 Å². The molecule has 0 saturated carbocycles. The summed E-state index contributed by atoms with van der Waals surface area (Å²) in [4.78, 5) is 21.0. The van der Waals surface area contributed by atoms with Crippen LogP contribution in [0.5, 0.6) is 0 Å². The van der Waals surface area contributed by atoms with Crippen LogP contribution in [0.2, 0.25) is 0 Å². The highest BCUT2D eigenvalue weighted by atomic mass is 16.2. The predicted molar refractivity (Wildman–Crippen MR) is 85.7 cm³/mol. The van der Waals surface area contributed by atoms with Crippen LogP contribution in [0.25, 0.3) is 0 Å². The lowest BCUT2D eigenvalue weighted by Crippen LogP contribution is -2.57. The van der Waals surface area contributed by atoms with Crippen molar-refractivity contribution in [1.29, 1.82) is 0 Å². The number of amides is 1. The Hall–Kier alpha value is -2.21. The predicted octanol–water partition coefficient (Wildman–Crippen LogP) is 1.16. The van der Waals surface area contributed by atoms with Crippen molar-refractivity contribution >= 4 is 5.91 Å². The van der Waals surface area contributed by atoms with Gasteiger partial charge in [-0.05, 0) is 18.6 Å². The molecule has 2 aliphatic heterocycles. The lowest BCUT2D eigenvalue weighted by Gasteiger charge is -2.48. The topological polar surface area (TPSA) is 54.3 Å². The number of pyridine rings is 1. The first-order chi connectivity index (χ1) is 11.1. The summed E-state index contributed by atoms with van der Waals surface area (Å²) in [5.74, 6) is 0.112. The van der Waals surface area contributed by atoms with Gasteiger partial charge in [0.1, 0.15) is 0 Å². The van der Waals surface area contributed by atoms with Crippen LogP contribution in [0.15, 0.2) is 36.9 Å². The van der Waals surface area contributed by atoms with Crippen LogP contribution in [0.4, 0.5) is 0 Å². The van der Waals surface area contributed by atoms with E-state index in [2.05, 4.69) is 21.2 Å². The van der Waals surface area contributed by atoms with Gasteiger partial charge in [-0.3, -0.25) is 19.4 Å². The minimum absolute atomic E-state index is 0.112. The second kappa shape index (κ2) is 5.45. The van der Waals surface area contributed by atoms with Crippen molar-refractivity contribution in [3.05, 3.63) is 48.0 Å². The van der Waals surface area contributed by atoms with E-state index in [4.69, 9.17) is 0 Å². The number of aryl methyl sites for hydroxylation is 1. The van der Waals surface area contributed by atoms with Gasteiger partial charge in [0, 0.05) is 69.3 Å². The first-order valence-corrected chi connectivity index (χ1v) is 8.03. The molecule has 0 atom stereocenters. The third kappa shape index (κ3) is 2.74. The van der Waals surface area contributed by atoms with Gasteiger partial charge in [-0.25, -0.2) is 0 Å². The van der Waals surface area contributed by atoms with Crippen LogP contribution in [-0.2, 0) is 13.6 Å². The van der Waals surface area contributed by atoms with Gasteiger partial charge >= 0.3 is 0 Å². The average molecular weight is 311 g/mol. The molecule has 23 heavy (non-hydrogen) atoms. The molecule has 0 radical (unpaired) electrons. The maximum absolute atomic E-state index is 12.5. The molecule has 0 unspecified atom stereocenters. The number of aromatic nitrogens is 3. The highest BCUT2D eigenvalue weighted by molar-refractivity contribution is 5.94. The van der Waals surface area contributed by atoms with Crippen molar-refractivity contribution in [3.63, 3.8) is 0 Å². The molecule has 4 rings (SSSR count). The summed E-state index contributed by atoms with van der Waals surface area (Å²) in [6, 6.07) is 3.66. The molecule has 2 saturated heterocycles. The summed E-state index contributed by atoms with van der Waals surface area (Å²) in [6.07, 6.45) is 8.45. The Balaban J connectivity index is 1.34. The van der Waals surface area contributed by atoms with E-state index < -0.39 is 0 Å². The van der Waals surface area contributed by atoms with Gasteiger partial charge < -0.3 is 4.90 Å². The molecule has 1 amide bonds. The average Bonchev–Trinajstić information content (AvgIpc) is 3.14. The van der Waals surface area contributed by atoms with E-state index in [-0.39, 0.29) is 5.91 Å². The number of hydrogen-bond acceptors (Lipinski definition) is 4. The van der Waals surface area contributed by atoms with E-state index >= 15 is 0 Å². The van der Waals surface area contributed by atoms with E-state index in [1.165, 1.54) is 5.56 Å². The highest BCUT2D eigenvalue weighted by Crippen LogP contribution is 2.40. The van der Waals surface area contributed by atoms with Crippen LogP contribution in [-0.4, -0.2) is 56.7 Å². The standard InChI is InChI=1S/C17H21N5O/c1-20-9-14(7-19-20)10-21-11-17(12-21)4-6-22(13-17)16(23)15-3-2-5-18-8-15/h2-3,5,7-9H,4,6,10-13H2,1H3. The number of nitrogens with zero attached hydrogens (tertiary/aromatic N) is 5. The molecule has 2 fully saturated rings. The maximum atomic E-state index is 12.5. The van der Waals surface area contributed by atoms with Crippen molar-refractivity contribution in [1.82, 2.24) is 24.6 Å². The molecule has 4 heterocycles. The Bertz CT molecular complexity index is 705. The van der Waals surface area contributed by atoms with Crippen LogP contribution in [0.3, 0.4) is 0 Å². The second-order valence-corrected chi connectivity index (χ2v) is 6.89. The Morgan fingerprint density at radius 2 is 2.17 bits per heavy atom. The van der Waals surface area contributed by atoms with Crippen molar-refractivity contribution < 1.29 is 4.79 Å². The molecular weight excluding hydrogens is 290 g/mol. The SMILES string of the molecule is Cn1cc(CN2CC3(CCN(C(=O)c4cccnc4)C3)C2)cn1. The van der Waals surface area contributed by atoms with Gasteiger partial charge in [-0.1, -0.05) is 0 Å². The van der Waals surface area contributed by atoms with Crippen molar-refractivity contribution in [2.75, 3.05) is 26.2 Å². The first-order valence-electron chi connectivity index (χ1n) is 8.03. The van der Waals surface area contributed by atoms with Crippen molar-refractivity contribution in [3.8, 4) is 0 Å². The van der Waals surface area contributed by atoms with Gasteiger partial charge in [0.2, 0.25) is 0 Å². The zero-order valence-electron chi connectivity index (χ0n) is 13.4. The summed E-state index contributed by atoms with van der Waals surface area (Å²) in [5, 5.41) is 4.22. The van der Waals surface area contributed by atoms with E-state index in [1.54, 1.807) is 12.4 Å². The normalized spacial score (nSPS) is 20.0. The third-order valence-electron chi connectivity index (χ3n) is 4.92. The molecule has 120 valence electrons. The molecule has 6 nitrogen and oxygen atoms in total. The highest BCUT2D eigenvalue weighted by Gasteiger charge is 2.48. The molecule has 6 heteroatoms. The van der Waals surface area contributed by atoms with Gasteiger partial charge in [0.15, 0.2) is 0 Å². The minimum Gasteiger partial charge on any atom is -0.338 e. The Labute approximate surface area is 135 Å². The number of hydrogen-bond donors (Lipinski definition) is 0. The molecule has 0 aliphatic carbocycles. The van der Waals surface area contributed by atoms with Crippen LogP contribution >= 0.6 is 0 Å². The van der Waals surface area contributed by atoms with Gasteiger partial charge in [0.25, 0.3) is 5.91 Å². The molecular formula is C17H21N5O. The fourth-order valence-electron chi connectivity index (χ4n) is 3.86. The summed E-state index contributed by atoms with van der Waals surface area (Å²) in [6.45, 7) is 4.81. The molecule has 2 aromatic rings. The molecule has 2 aliphatic rings.